The van der Waals surface area contributed by atoms with E-state index in [4.69, 9.17) is 4.74 Å². The van der Waals surface area contributed by atoms with Crippen LogP contribution in [0.15, 0.2) is 35.5 Å². The SMILES string of the molecule is CC[C@H]1N(C2CCC(c3cc(-c4ncccn4)c[nH]c3=O)CC2)C(=O)OC1(C)C. The molecule has 0 radical (unpaired) electrons. The molecule has 154 valence electrons. The Labute approximate surface area is 170 Å². The maximum absolute atomic E-state index is 12.5. The van der Waals surface area contributed by atoms with Crippen molar-refractivity contribution in [3.05, 3.63) is 46.6 Å². The van der Waals surface area contributed by atoms with Crippen LogP contribution in [0.4, 0.5) is 4.79 Å². The zero-order chi connectivity index (χ0) is 20.6. The van der Waals surface area contributed by atoms with E-state index in [0.29, 0.717) is 5.82 Å². The molecule has 2 aliphatic rings. The molecule has 29 heavy (non-hydrogen) atoms. The van der Waals surface area contributed by atoms with Gasteiger partial charge in [0.2, 0.25) is 0 Å². The average Bonchev–Trinajstić information content (AvgIpc) is 2.96. The Bertz CT molecular complexity index is 933. The van der Waals surface area contributed by atoms with Gasteiger partial charge in [0.25, 0.3) is 5.56 Å². The zero-order valence-corrected chi connectivity index (χ0v) is 17.2. The van der Waals surface area contributed by atoms with Gasteiger partial charge < -0.3 is 9.72 Å². The van der Waals surface area contributed by atoms with Gasteiger partial charge in [-0.2, -0.15) is 0 Å². The second-order valence-electron chi connectivity index (χ2n) is 8.55. The number of rotatable bonds is 4. The van der Waals surface area contributed by atoms with Gasteiger partial charge in [-0.05, 0) is 64.0 Å². The Morgan fingerprint density at radius 1 is 1.17 bits per heavy atom. The number of pyridine rings is 1. The Morgan fingerprint density at radius 2 is 1.86 bits per heavy atom. The number of ether oxygens (including phenoxy) is 1. The number of hydrogen-bond donors (Lipinski definition) is 1. The van der Waals surface area contributed by atoms with Gasteiger partial charge in [0.05, 0.1) is 6.04 Å². The second-order valence-corrected chi connectivity index (χ2v) is 8.55. The molecule has 7 nitrogen and oxygen atoms in total. The number of aromatic amines is 1. The van der Waals surface area contributed by atoms with E-state index in [1.165, 1.54) is 0 Å². The molecular weight excluding hydrogens is 368 g/mol. The second kappa shape index (κ2) is 7.61. The van der Waals surface area contributed by atoms with E-state index in [0.717, 1.165) is 43.2 Å². The van der Waals surface area contributed by atoms with Gasteiger partial charge in [-0.25, -0.2) is 14.8 Å². The van der Waals surface area contributed by atoms with Crippen molar-refractivity contribution in [2.45, 2.75) is 76.5 Å². The molecular formula is C22H28N4O3. The zero-order valence-electron chi connectivity index (χ0n) is 17.2. The maximum atomic E-state index is 12.5. The van der Waals surface area contributed by atoms with E-state index in [-0.39, 0.29) is 29.7 Å². The van der Waals surface area contributed by atoms with E-state index in [9.17, 15) is 9.59 Å². The highest BCUT2D eigenvalue weighted by atomic mass is 16.6. The number of carbonyl (C=O) groups is 1. The molecule has 1 atom stereocenters. The fraction of sp³-hybridized carbons (Fsp3) is 0.545. The summed E-state index contributed by atoms with van der Waals surface area (Å²) < 4.78 is 5.63. The van der Waals surface area contributed by atoms with Gasteiger partial charge in [-0.3, -0.25) is 9.69 Å². The number of nitrogens with one attached hydrogen (secondary N) is 1. The maximum Gasteiger partial charge on any atom is 0.411 e. The van der Waals surface area contributed by atoms with Crippen molar-refractivity contribution in [1.29, 1.82) is 0 Å². The molecule has 2 fully saturated rings. The van der Waals surface area contributed by atoms with Crippen molar-refractivity contribution >= 4 is 6.09 Å². The Morgan fingerprint density at radius 3 is 2.52 bits per heavy atom. The van der Waals surface area contributed by atoms with Crippen LogP contribution in [0, 0.1) is 0 Å². The molecule has 0 unspecified atom stereocenters. The first kappa shape index (κ1) is 19.6. The molecule has 2 aromatic rings. The molecule has 1 saturated carbocycles. The molecule has 0 aromatic carbocycles. The summed E-state index contributed by atoms with van der Waals surface area (Å²) in [6.45, 7) is 6.08. The molecule has 0 spiro atoms. The number of cyclic esters (lactones) is 1. The van der Waals surface area contributed by atoms with Crippen LogP contribution in [-0.4, -0.2) is 43.6 Å². The predicted molar refractivity (Wildman–Crippen MR) is 110 cm³/mol. The van der Waals surface area contributed by atoms with Gasteiger partial charge in [0.15, 0.2) is 5.82 Å². The normalized spacial score (nSPS) is 26.4. The van der Waals surface area contributed by atoms with Crippen molar-refractivity contribution < 1.29 is 9.53 Å². The van der Waals surface area contributed by atoms with Crippen LogP contribution in [0.1, 0.15) is 64.4 Å². The Kier molecular flexibility index (Phi) is 5.15. The molecule has 3 heterocycles. The first-order valence-corrected chi connectivity index (χ1v) is 10.4. The highest BCUT2D eigenvalue weighted by Crippen LogP contribution is 2.40. The number of nitrogens with zero attached hydrogens (tertiary/aromatic N) is 3. The lowest BCUT2D eigenvalue weighted by Gasteiger charge is -2.37. The molecule has 1 aliphatic carbocycles. The Hall–Kier alpha value is -2.70. The smallest absolute Gasteiger partial charge is 0.411 e. The lowest BCUT2D eigenvalue weighted by Crippen LogP contribution is -2.47. The van der Waals surface area contributed by atoms with Gasteiger partial charge in [0.1, 0.15) is 5.60 Å². The molecule has 7 heteroatoms. The quantitative estimate of drug-likeness (QED) is 0.848. The van der Waals surface area contributed by atoms with Crippen molar-refractivity contribution in [3.8, 4) is 11.4 Å². The summed E-state index contributed by atoms with van der Waals surface area (Å²) in [6.07, 6.45) is 9.21. The van der Waals surface area contributed by atoms with Gasteiger partial charge in [-0.15, -0.1) is 0 Å². The van der Waals surface area contributed by atoms with Crippen LogP contribution in [-0.2, 0) is 4.74 Å². The summed E-state index contributed by atoms with van der Waals surface area (Å²) >= 11 is 0. The van der Waals surface area contributed by atoms with Crippen LogP contribution in [0.2, 0.25) is 0 Å². The Balaban J connectivity index is 1.50. The summed E-state index contributed by atoms with van der Waals surface area (Å²) in [5, 5.41) is 0. The van der Waals surface area contributed by atoms with Crippen molar-refractivity contribution in [2.75, 3.05) is 0 Å². The standard InChI is InChI=1S/C22H28N4O3/c1-4-18-22(2,3)29-21(28)26(18)16-8-6-14(7-9-16)17-12-15(13-25-20(17)27)19-23-10-5-11-24-19/h5,10-14,16,18H,4,6-9H2,1-3H3,(H,25,27)/t14?,16?,18-/m1/s1. The van der Waals surface area contributed by atoms with E-state index < -0.39 is 5.60 Å². The van der Waals surface area contributed by atoms with E-state index in [1.807, 2.05) is 24.8 Å². The fourth-order valence-electron chi connectivity index (χ4n) is 4.95. The summed E-state index contributed by atoms with van der Waals surface area (Å²) in [5.74, 6) is 0.775. The third-order valence-electron chi connectivity index (χ3n) is 6.37. The lowest BCUT2D eigenvalue weighted by molar-refractivity contribution is 0.0654. The van der Waals surface area contributed by atoms with Crippen LogP contribution in [0.5, 0.6) is 0 Å². The minimum Gasteiger partial charge on any atom is -0.441 e. The minimum absolute atomic E-state index is 0.0544. The first-order chi connectivity index (χ1) is 13.9. The van der Waals surface area contributed by atoms with Crippen LogP contribution in [0.25, 0.3) is 11.4 Å². The van der Waals surface area contributed by atoms with Crippen molar-refractivity contribution in [3.63, 3.8) is 0 Å². The molecule has 1 N–H and O–H groups in total. The number of H-pyrrole nitrogens is 1. The van der Waals surface area contributed by atoms with Crippen LogP contribution in [0.3, 0.4) is 0 Å². The molecule has 2 aromatic heterocycles. The monoisotopic (exact) mass is 396 g/mol. The summed E-state index contributed by atoms with van der Waals surface area (Å²) in [4.78, 5) is 38.3. The third kappa shape index (κ3) is 3.66. The number of amides is 1. The highest BCUT2D eigenvalue weighted by Gasteiger charge is 2.49. The van der Waals surface area contributed by atoms with Gasteiger partial charge in [0, 0.05) is 35.8 Å². The first-order valence-electron chi connectivity index (χ1n) is 10.4. The van der Waals surface area contributed by atoms with Crippen LogP contribution >= 0.6 is 0 Å². The minimum atomic E-state index is -0.455. The number of carbonyl (C=O) groups excluding carboxylic acids is 1. The lowest BCUT2D eigenvalue weighted by atomic mass is 9.80. The number of hydrogen-bond acceptors (Lipinski definition) is 5. The molecule has 1 saturated heterocycles. The van der Waals surface area contributed by atoms with E-state index >= 15 is 0 Å². The van der Waals surface area contributed by atoms with E-state index in [2.05, 4.69) is 21.9 Å². The summed E-state index contributed by atoms with van der Waals surface area (Å²) in [7, 11) is 0. The average molecular weight is 396 g/mol. The van der Waals surface area contributed by atoms with Gasteiger partial charge >= 0.3 is 6.09 Å². The summed E-state index contributed by atoms with van der Waals surface area (Å²) in [6, 6.07) is 3.95. The predicted octanol–water partition coefficient (Wildman–Crippen LogP) is 3.87. The van der Waals surface area contributed by atoms with Crippen LogP contribution < -0.4 is 5.56 Å². The molecule has 1 amide bonds. The molecule has 0 bridgehead atoms. The molecule has 4 rings (SSSR count). The van der Waals surface area contributed by atoms with Crippen molar-refractivity contribution in [1.82, 2.24) is 19.9 Å². The van der Waals surface area contributed by atoms with Crippen molar-refractivity contribution in [2.24, 2.45) is 0 Å². The fourth-order valence-corrected chi connectivity index (χ4v) is 4.95. The third-order valence-corrected chi connectivity index (χ3v) is 6.37. The van der Waals surface area contributed by atoms with E-state index in [1.54, 1.807) is 24.7 Å². The summed E-state index contributed by atoms with van der Waals surface area (Å²) in [5.41, 5.74) is 1.09. The molecule has 1 aliphatic heterocycles. The highest BCUT2D eigenvalue weighted by molar-refractivity contribution is 5.72. The topological polar surface area (TPSA) is 88.2 Å². The van der Waals surface area contributed by atoms with Gasteiger partial charge in [-0.1, -0.05) is 6.92 Å². The number of aromatic nitrogens is 3. The largest absolute Gasteiger partial charge is 0.441 e.